The van der Waals surface area contributed by atoms with Gasteiger partial charge in [0.2, 0.25) is 0 Å². The van der Waals surface area contributed by atoms with E-state index >= 15 is 0 Å². The summed E-state index contributed by atoms with van der Waals surface area (Å²) in [5.41, 5.74) is 2.13. The fraction of sp³-hybridized carbons (Fsp3) is 0.692. The maximum Gasteiger partial charge on any atom is 0.275 e. The van der Waals surface area contributed by atoms with Crippen LogP contribution in [0.4, 0.5) is 0 Å². The van der Waals surface area contributed by atoms with E-state index in [1.165, 1.54) is 0 Å². The smallest absolute Gasteiger partial charge is 0.275 e. The van der Waals surface area contributed by atoms with Crippen LogP contribution in [-0.4, -0.2) is 60.1 Å². The van der Waals surface area contributed by atoms with E-state index < -0.39 is 9.84 Å². The Morgan fingerprint density at radius 1 is 1.52 bits per heavy atom. The predicted molar refractivity (Wildman–Crippen MR) is 75.7 cm³/mol. The number of nitrogens with zero attached hydrogens (tertiary/aromatic N) is 2. The summed E-state index contributed by atoms with van der Waals surface area (Å²) in [6.45, 7) is 3.34. The largest absolute Gasteiger partial charge is 0.376 e. The molecule has 2 aliphatic rings. The third-order valence-corrected chi connectivity index (χ3v) is 5.90. The second-order valence-electron chi connectivity index (χ2n) is 5.48. The minimum absolute atomic E-state index is 0.0513. The first-order chi connectivity index (χ1) is 10.0. The van der Waals surface area contributed by atoms with Crippen molar-refractivity contribution in [1.29, 1.82) is 0 Å². The predicted octanol–water partition coefficient (Wildman–Crippen LogP) is 0.132. The van der Waals surface area contributed by atoms with Gasteiger partial charge in [0.05, 0.1) is 24.7 Å². The van der Waals surface area contributed by atoms with Crippen LogP contribution < -0.4 is 0 Å². The molecular weight excluding hydrogens is 294 g/mol. The summed E-state index contributed by atoms with van der Waals surface area (Å²) in [5, 5.41) is 7.03. The van der Waals surface area contributed by atoms with Crippen LogP contribution in [0, 0.1) is 0 Å². The number of aromatic amines is 1. The van der Waals surface area contributed by atoms with Crippen LogP contribution in [0.15, 0.2) is 0 Å². The molecule has 1 amide bonds. The van der Waals surface area contributed by atoms with E-state index in [9.17, 15) is 13.2 Å². The zero-order valence-electron chi connectivity index (χ0n) is 12.0. The molecule has 0 spiro atoms. The molecule has 1 unspecified atom stereocenters. The number of ether oxygens (including phenoxy) is 1. The molecule has 3 heterocycles. The fourth-order valence-corrected chi connectivity index (χ4v) is 4.74. The number of carbonyl (C=O) groups is 1. The first kappa shape index (κ1) is 14.5. The van der Waals surface area contributed by atoms with Gasteiger partial charge in [-0.15, -0.1) is 0 Å². The molecule has 7 nitrogen and oxygen atoms in total. The van der Waals surface area contributed by atoms with Gasteiger partial charge in [-0.2, -0.15) is 5.10 Å². The van der Waals surface area contributed by atoms with Gasteiger partial charge >= 0.3 is 0 Å². The number of nitrogens with one attached hydrogen (secondary N) is 1. The molecule has 1 aromatic heterocycles. The lowest BCUT2D eigenvalue weighted by Gasteiger charge is -2.26. The van der Waals surface area contributed by atoms with Gasteiger partial charge in [0.1, 0.15) is 0 Å². The van der Waals surface area contributed by atoms with E-state index in [0.717, 1.165) is 17.7 Å². The molecular formula is C13H19N3O4S. The van der Waals surface area contributed by atoms with Crippen molar-refractivity contribution < 1.29 is 17.9 Å². The van der Waals surface area contributed by atoms with Crippen molar-refractivity contribution in [2.75, 3.05) is 24.7 Å². The van der Waals surface area contributed by atoms with E-state index in [1.54, 1.807) is 4.90 Å². The Morgan fingerprint density at radius 2 is 2.33 bits per heavy atom. The van der Waals surface area contributed by atoms with Crippen LogP contribution in [0.1, 0.15) is 35.1 Å². The molecule has 0 radical (unpaired) electrons. The van der Waals surface area contributed by atoms with Gasteiger partial charge in [-0.3, -0.25) is 9.89 Å². The minimum Gasteiger partial charge on any atom is -0.376 e. The lowest BCUT2D eigenvalue weighted by Crippen LogP contribution is -2.41. The van der Waals surface area contributed by atoms with Crippen LogP contribution in [0.5, 0.6) is 0 Å². The summed E-state index contributed by atoms with van der Waals surface area (Å²) >= 11 is 0. The highest BCUT2D eigenvalue weighted by atomic mass is 32.2. The van der Waals surface area contributed by atoms with Gasteiger partial charge in [0.25, 0.3) is 5.91 Å². The summed E-state index contributed by atoms with van der Waals surface area (Å²) in [6, 6.07) is -0.246. The average Bonchev–Trinajstić information content (AvgIpc) is 3.03. The minimum atomic E-state index is -3.02. The molecule has 0 saturated carbocycles. The zero-order valence-corrected chi connectivity index (χ0v) is 12.8. The van der Waals surface area contributed by atoms with Crippen LogP contribution in [0.2, 0.25) is 0 Å². The molecule has 1 N–H and O–H groups in total. The Morgan fingerprint density at radius 3 is 3.00 bits per heavy atom. The Kier molecular flexibility index (Phi) is 3.75. The molecule has 0 aromatic carbocycles. The third-order valence-electron chi connectivity index (χ3n) is 4.15. The van der Waals surface area contributed by atoms with Crippen LogP contribution in [0.3, 0.4) is 0 Å². The number of sulfone groups is 1. The molecule has 1 fully saturated rings. The standard InChI is InChI=1S/C13H19N3O4S/c1-2-16(9-4-6-21(18,19)8-9)13(17)12-10-7-20-5-3-11(10)14-15-12/h9H,2-8H2,1H3,(H,14,15). The van der Waals surface area contributed by atoms with Gasteiger partial charge in [-0.1, -0.05) is 0 Å². The number of rotatable bonds is 3. The molecule has 1 atom stereocenters. The van der Waals surface area contributed by atoms with Gasteiger partial charge in [-0.25, -0.2) is 8.42 Å². The summed E-state index contributed by atoms with van der Waals surface area (Å²) in [7, 11) is -3.02. The number of carbonyl (C=O) groups excluding carboxylic acids is 1. The molecule has 116 valence electrons. The van der Waals surface area contributed by atoms with Gasteiger partial charge < -0.3 is 9.64 Å². The lowest BCUT2D eigenvalue weighted by molar-refractivity contribution is 0.0690. The highest BCUT2D eigenvalue weighted by Gasteiger charge is 2.36. The maximum atomic E-state index is 12.7. The first-order valence-corrected chi connectivity index (χ1v) is 8.99. The molecule has 0 bridgehead atoms. The summed E-state index contributed by atoms with van der Waals surface area (Å²) in [4.78, 5) is 14.3. The van der Waals surface area contributed by atoms with Crippen molar-refractivity contribution >= 4 is 15.7 Å². The van der Waals surface area contributed by atoms with Gasteiger partial charge in [-0.05, 0) is 13.3 Å². The van der Waals surface area contributed by atoms with E-state index in [0.29, 0.717) is 31.9 Å². The molecule has 21 heavy (non-hydrogen) atoms. The normalized spacial score (nSPS) is 23.8. The van der Waals surface area contributed by atoms with Gasteiger partial charge in [0.15, 0.2) is 15.5 Å². The van der Waals surface area contributed by atoms with Crippen LogP contribution >= 0.6 is 0 Å². The molecule has 8 heteroatoms. The zero-order chi connectivity index (χ0) is 15.0. The topological polar surface area (TPSA) is 92.4 Å². The summed E-state index contributed by atoms with van der Waals surface area (Å²) in [6.07, 6.45) is 1.23. The van der Waals surface area contributed by atoms with Crippen molar-refractivity contribution in [1.82, 2.24) is 15.1 Å². The van der Waals surface area contributed by atoms with Crippen molar-refractivity contribution in [2.45, 2.75) is 32.4 Å². The third kappa shape index (κ3) is 2.69. The molecule has 2 aliphatic heterocycles. The Hall–Kier alpha value is -1.41. The average molecular weight is 313 g/mol. The second kappa shape index (κ2) is 5.42. The number of H-pyrrole nitrogens is 1. The highest BCUT2D eigenvalue weighted by Crippen LogP contribution is 2.23. The SMILES string of the molecule is CCN(C(=O)c1n[nH]c2c1COCC2)C1CCS(=O)(=O)C1. The Bertz CT molecular complexity index is 652. The van der Waals surface area contributed by atoms with Gasteiger partial charge in [0, 0.05) is 30.3 Å². The van der Waals surface area contributed by atoms with Crippen molar-refractivity contribution in [3.8, 4) is 0 Å². The van der Waals surface area contributed by atoms with Crippen molar-refractivity contribution in [3.63, 3.8) is 0 Å². The van der Waals surface area contributed by atoms with Crippen LogP contribution in [0.25, 0.3) is 0 Å². The number of aromatic nitrogens is 2. The molecule has 1 aromatic rings. The van der Waals surface area contributed by atoms with E-state index in [2.05, 4.69) is 10.2 Å². The monoisotopic (exact) mass is 313 g/mol. The van der Waals surface area contributed by atoms with Crippen molar-refractivity contribution in [2.24, 2.45) is 0 Å². The number of fused-ring (bicyclic) bond motifs is 1. The second-order valence-corrected chi connectivity index (χ2v) is 7.71. The Labute approximate surface area is 123 Å². The number of hydrogen-bond acceptors (Lipinski definition) is 5. The molecule has 1 saturated heterocycles. The van der Waals surface area contributed by atoms with E-state index in [1.807, 2.05) is 6.92 Å². The summed E-state index contributed by atoms with van der Waals surface area (Å²) in [5.74, 6) is 0.00134. The lowest BCUT2D eigenvalue weighted by atomic mass is 10.1. The fourth-order valence-electron chi connectivity index (χ4n) is 3.01. The number of hydrogen-bond donors (Lipinski definition) is 1. The quantitative estimate of drug-likeness (QED) is 0.856. The van der Waals surface area contributed by atoms with E-state index in [-0.39, 0.29) is 23.5 Å². The van der Waals surface area contributed by atoms with Crippen LogP contribution in [-0.2, 0) is 27.6 Å². The van der Waals surface area contributed by atoms with Crippen molar-refractivity contribution in [3.05, 3.63) is 17.0 Å². The molecule has 3 rings (SSSR count). The highest BCUT2D eigenvalue weighted by molar-refractivity contribution is 7.91. The first-order valence-electron chi connectivity index (χ1n) is 7.17. The number of amides is 1. The summed E-state index contributed by atoms with van der Waals surface area (Å²) < 4.78 is 28.6. The molecule has 0 aliphatic carbocycles. The maximum absolute atomic E-state index is 12.7. The Balaban J connectivity index is 1.84. The van der Waals surface area contributed by atoms with E-state index in [4.69, 9.17) is 4.74 Å².